The molecule has 28 heavy (non-hydrogen) atoms. The van der Waals surface area contributed by atoms with E-state index in [4.69, 9.17) is 5.26 Å². The van der Waals surface area contributed by atoms with E-state index in [1.54, 1.807) is 6.07 Å². The Morgan fingerprint density at radius 1 is 1.21 bits per heavy atom. The SMILES string of the molecule is Cc1ccc(C2NNC3CCC(NC(=O)c4ncc(C#N)cc4C)CC32)cc1. The first-order chi connectivity index (χ1) is 13.5. The van der Waals surface area contributed by atoms with Gasteiger partial charge in [0, 0.05) is 18.3 Å². The summed E-state index contributed by atoms with van der Waals surface area (Å²) in [6, 6.07) is 13.2. The lowest BCUT2D eigenvalue weighted by atomic mass is 9.77. The van der Waals surface area contributed by atoms with E-state index in [0.717, 1.165) is 24.8 Å². The first-order valence-corrected chi connectivity index (χ1v) is 9.80. The molecule has 3 N–H and O–H groups in total. The third-order valence-electron chi connectivity index (χ3n) is 5.95. The molecule has 1 amide bonds. The number of carbonyl (C=O) groups is 1. The van der Waals surface area contributed by atoms with Gasteiger partial charge in [-0.15, -0.1) is 0 Å². The Hall–Kier alpha value is -2.75. The second-order valence-electron chi connectivity index (χ2n) is 7.93. The zero-order valence-electron chi connectivity index (χ0n) is 16.2. The minimum absolute atomic E-state index is 0.125. The maximum absolute atomic E-state index is 12.7. The maximum Gasteiger partial charge on any atom is 0.270 e. The van der Waals surface area contributed by atoms with Crippen molar-refractivity contribution in [3.05, 3.63) is 64.5 Å². The third-order valence-corrected chi connectivity index (χ3v) is 5.95. The molecule has 4 rings (SSSR count). The minimum Gasteiger partial charge on any atom is -0.348 e. The smallest absolute Gasteiger partial charge is 0.270 e. The Labute approximate surface area is 165 Å². The van der Waals surface area contributed by atoms with Crippen LogP contribution in [0.25, 0.3) is 0 Å². The van der Waals surface area contributed by atoms with E-state index in [1.165, 1.54) is 17.3 Å². The normalized spacial score (nSPS) is 26.3. The summed E-state index contributed by atoms with van der Waals surface area (Å²) in [7, 11) is 0. The van der Waals surface area contributed by atoms with Gasteiger partial charge in [0.1, 0.15) is 11.8 Å². The van der Waals surface area contributed by atoms with Crippen molar-refractivity contribution < 1.29 is 4.79 Å². The number of hydrogen-bond acceptors (Lipinski definition) is 5. The summed E-state index contributed by atoms with van der Waals surface area (Å²) in [5.41, 5.74) is 11.0. The average Bonchev–Trinajstić information content (AvgIpc) is 3.11. The van der Waals surface area contributed by atoms with E-state index in [-0.39, 0.29) is 18.0 Å². The number of hydrogen-bond donors (Lipinski definition) is 3. The molecular weight excluding hydrogens is 350 g/mol. The van der Waals surface area contributed by atoms with E-state index in [1.807, 2.05) is 6.92 Å². The van der Waals surface area contributed by atoms with Gasteiger partial charge in [-0.1, -0.05) is 29.8 Å². The number of rotatable bonds is 3. The molecule has 1 aromatic carbocycles. The summed E-state index contributed by atoms with van der Waals surface area (Å²) >= 11 is 0. The lowest BCUT2D eigenvalue weighted by Crippen LogP contribution is -2.44. The summed E-state index contributed by atoms with van der Waals surface area (Å²) < 4.78 is 0. The first-order valence-electron chi connectivity index (χ1n) is 9.80. The van der Waals surface area contributed by atoms with Crippen LogP contribution in [0, 0.1) is 31.1 Å². The van der Waals surface area contributed by atoms with Crippen LogP contribution in [0.3, 0.4) is 0 Å². The van der Waals surface area contributed by atoms with Crippen LogP contribution in [-0.2, 0) is 0 Å². The molecular formula is C22H25N5O. The van der Waals surface area contributed by atoms with E-state index in [2.05, 4.69) is 58.4 Å². The third kappa shape index (κ3) is 3.64. The van der Waals surface area contributed by atoms with Crippen molar-refractivity contribution in [3.8, 4) is 6.07 Å². The van der Waals surface area contributed by atoms with Crippen LogP contribution in [0.5, 0.6) is 0 Å². The fourth-order valence-electron chi connectivity index (χ4n) is 4.42. The number of hydrazine groups is 1. The molecule has 1 saturated heterocycles. The van der Waals surface area contributed by atoms with Crippen molar-refractivity contribution in [2.24, 2.45) is 5.92 Å². The number of nitrogens with zero attached hydrogens (tertiary/aromatic N) is 2. The van der Waals surface area contributed by atoms with Crippen molar-refractivity contribution in [1.29, 1.82) is 5.26 Å². The Morgan fingerprint density at radius 2 is 2.00 bits per heavy atom. The number of benzene rings is 1. The van der Waals surface area contributed by atoms with Gasteiger partial charge in [0.25, 0.3) is 5.91 Å². The topological polar surface area (TPSA) is 89.8 Å². The molecule has 0 bridgehead atoms. The number of carbonyl (C=O) groups excluding carboxylic acids is 1. The lowest BCUT2D eigenvalue weighted by Gasteiger charge is -2.33. The second-order valence-corrected chi connectivity index (χ2v) is 7.93. The molecule has 2 heterocycles. The van der Waals surface area contributed by atoms with Crippen molar-refractivity contribution in [3.63, 3.8) is 0 Å². The van der Waals surface area contributed by atoms with Crippen molar-refractivity contribution in [2.75, 3.05) is 0 Å². The lowest BCUT2D eigenvalue weighted by molar-refractivity contribution is 0.0909. The standard InChI is InChI=1S/C22H25N5O/c1-13-3-5-16(6-4-13)21-18-10-17(7-8-19(18)26-27-21)25-22(28)20-14(2)9-15(11-23)12-24-20/h3-6,9,12,17-19,21,26-27H,7-8,10H2,1-2H3,(H,25,28). The van der Waals surface area contributed by atoms with E-state index >= 15 is 0 Å². The minimum atomic E-state index is -0.156. The number of nitriles is 1. The predicted octanol–water partition coefficient (Wildman–Crippen LogP) is 2.69. The summed E-state index contributed by atoms with van der Waals surface area (Å²) in [4.78, 5) is 16.9. The van der Waals surface area contributed by atoms with Gasteiger partial charge < -0.3 is 5.32 Å². The highest BCUT2D eigenvalue weighted by Gasteiger charge is 2.41. The number of aromatic nitrogens is 1. The van der Waals surface area contributed by atoms with Crippen LogP contribution in [0.2, 0.25) is 0 Å². The van der Waals surface area contributed by atoms with Crippen LogP contribution >= 0.6 is 0 Å². The zero-order chi connectivity index (χ0) is 19.7. The summed E-state index contributed by atoms with van der Waals surface area (Å²) in [5, 5.41) is 12.1. The highest BCUT2D eigenvalue weighted by atomic mass is 16.1. The van der Waals surface area contributed by atoms with E-state index < -0.39 is 0 Å². The number of amides is 1. The Morgan fingerprint density at radius 3 is 2.71 bits per heavy atom. The number of pyridine rings is 1. The molecule has 2 aliphatic rings. The van der Waals surface area contributed by atoms with Crippen molar-refractivity contribution in [2.45, 2.75) is 51.2 Å². The molecule has 2 fully saturated rings. The van der Waals surface area contributed by atoms with Gasteiger partial charge in [0.05, 0.1) is 11.6 Å². The maximum atomic E-state index is 12.7. The molecule has 1 saturated carbocycles. The van der Waals surface area contributed by atoms with Gasteiger partial charge in [0.15, 0.2) is 0 Å². The molecule has 144 valence electrons. The predicted molar refractivity (Wildman–Crippen MR) is 106 cm³/mol. The Kier molecular flexibility index (Phi) is 5.12. The molecule has 1 aliphatic carbocycles. The zero-order valence-corrected chi connectivity index (χ0v) is 16.2. The van der Waals surface area contributed by atoms with Crippen LogP contribution in [0.15, 0.2) is 36.5 Å². The number of aryl methyl sites for hydroxylation is 2. The largest absolute Gasteiger partial charge is 0.348 e. The Bertz CT molecular complexity index is 918. The summed E-state index contributed by atoms with van der Waals surface area (Å²) in [5.74, 6) is 0.271. The highest BCUT2D eigenvalue weighted by Crippen LogP contribution is 2.38. The van der Waals surface area contributed by atoms with E-state index in [9.17, 15) is 4.79 Å². The van der Waals surface area contributed by atoms with Gasteiger partial charge in [-0.3, -0.25) is 10.2 Å². The van der Waals surface area contributed by atoms with E-state index in [0.29, 0.717) is 23.2 Å². The molecule has 4 unspecified atom stereocenters. The first kappa shape index (κ1) is 18.6. The molecule has 4 atom stereocenters. The highest BCUT2D eigenvalue weighted by molar-refractivity contribution is 5.93. The second kappa shape index (κ2) is 7.70. The van der Waals surface area contributed by atoms with Gasteiger partial charge in [-0.25, -0.2) is 10.4 Å². The van der Waals surface area contributed by atoms with Crippen LogP contribution in [0.4, 0.5) is 0 Å². The number of fused-ring (bicyclic) bond motifs is 1. The van der Waals surface area contributed by atoms with Crippen molar-refractivity contribution in [1.82, 2.24) is 21.2 Å². The van der Waals surface area contributed by atoms with Gasteiger partial charge in [-0.05, 0) is 56.2 Å². The number of nitrogens with one attached hydrogen (secondary N) is 3. The molecule has 1 aliphatic heterocycles. The molecule has 6 nitrogen and oxygen atoms in total. The van der Waals surface area contributed by atoms with Gasteiger partial charge in [-0.2, -0.15) is 5.26 Å². The van der Waals surface area contributed by atoms with Gasteiger partial charge in [0.2, 0.25) is 0 Å². The molecule has 0 radical (unpaired) electrons. The van der Waals surface area contributed by atoms with Crippen LogP contribution in [0.1, 0.15) is 58.0 Å². The summed E-state index contributed by atoms with van der Waals surface area (Å²) in [6.07, 6.45) is 4.34. The average molecular weight is 375 g/mol. The fraction of sp³-hybridized carbons (Fsp3) is 0.409. The monoisotopic (exact) mass is 375 g/mol. The summed E-state index contributed by atoms with van der Waals surface area (Å²) in [6.45, 7) is 3.91. The Balaban J connectivity index is 1.45. The molecule has 0 spiro atoms. The van der Waals surface area contributed by atoms with Crippen molar-refractivity contribution >= 4 is 5.91 Å². The fourth-order valence-corrected chi connectivity index (χ4v) is 4.42. The molecule has 1 aromatic heterocycles. The molecule has 6 heteroatoms. The van der Waals surface area contributed by atoms with Gasteiger partial charge >= 0.3 is 0 Å². The van der Waals surface area contributed by atoms with Crippen LogP contribution < -0.4 is 16.2 Å². The quantitative estimate of drug-likeness (QED) is 0.767. The molecule has 2 aromatic rings. The van der Waals surface area contributed by atoms with Crippen LogP contribution in [-0.4, -0.2) is 23.0 Å².